The second-order valence-corrected chi connectivity index (χ2v) is 2.95. The lowest BCUT2D eigenvalue weighted by molar-refractivity contribution is 0.0687. The van der Waals surface area contributed by atoms with E-state index in [0.717, 1.165) is 10.9 Å². The van der Waals surface area contributed by atoms with Crippen molar-refractivity contribution in [2.24, 2.45) is 7.05 Å². The molecule has 0 fully saturated rings. The summed E-state index contributed by atoms with van der Waals surface area (Å²) in [5.74, 6) is -0.890. The van der Waals surface area contributed by atoms with Gasteiger partial charge in [0.25, 0.3) is 0 Å². The zero-order valence-corrected chi connectivity index (χ0v) is 8.41. The van der Waals surface area contributed by atoms with Crippen LogP contribution >= 0.6 is 12.4 Å². The topological polar surface area (TPSA) is 42.2 Å². The standard InChI is InChI=1S/C10H9NO2.ClH/c1-11-8-5-3-2-4-7(8)6-9(11)10(12)13;/h2-6H,1H3,(H,12,13);1H. The lowest BCUT2D eigenvalue weighted by Gasteiger charge is -1.97. The maximum Gasteiger partial charge on any atom is 0.352 e. The van der Waals surface area contributed by atoms with E-state index in [0.29, 0.717) is 5.69 Å². The largest absolute Gasteiger partial charge is 0.477 e. The van der Waals surface area contributed by atoms with Gasteiger partial charge >= 0.3 is 5.97 Å². The van der Waals surface area contributed by atoms with Crippen LogP contribution < -0.4 is 0 Å². The van der Waals surface area contributed by atoms with Gasteiger partial charge < -0.3 is 9.67 Å². The van der Waals surface area contributed by atoms with E-state index >= 15 is 0 Å². The fourth-order valence-corrected chi connectivity index (χ4v) is 1.49. The number of halogens is 1. The molecule has 0 aliphatic rings. The Kier molecular flexibility index (Phi) is 2.81. The number of para-hydroxylation sites is 1. The third-order valence-electron chi connectivity index (χ3n) is 2.17. The van der Waals surface area contributed by atoms with Crippen LogP contribution in [0.3, 0.4) is 0 Å². The maximum atomic E-state index is 10.8. The minimum atomic E-state index is -0.890. The van der Waals surface area contributed by atoms with Crippen molar-refractivity contribution in [3.8, 4) is 0 Å². The van der Waals surface area contributed by atoms with Crippen molar-refractivity contribution in [2.75, 3.05) is 0 Å². The first-order valence-corrected chi connectivity index (χ1v) is 3.98. The van der Waals surface area contributed by atoms with Crippen LogP contribution in [0.4, 0.5) is 0 Å². The molecule has 14 heavy (non-hydrogen) atoms. The van der Waals surface area contributed by atoms with Gasteiger partial charge in [0.1, 0.15) is 5.69 Å². The van der Waals surface area contributed by atoms with E-state index in [1.165, 1.54) is 0 Å². The Labute approximate surface area is 87.4 Å². The van der Waals surface area contributed by atoms with E-state index in [2.05, 4.69) is 0 Å². The zero-order valence-electron chi connectivity index (χ0n) is 7.60. The monoisotopic (exact) mass is 211 g/mol. The minimum Gasteiger partial charge on any atom is -0.477 e. The van der Waals surface area contributed by atoms with E-state index in [1.807, 2.05) is 24.3 Å². The normalized spacial score (nSPS) is 9.79. The third kappa shape index (κ3) is 1.46. The second-order valence-electron chi connectivity index (χ2n) is 2.95. The highest BCUT2D eigenvalue weighted by Gasteiger charge is 2.10. The van der Waals surface area contributed by atoms with Crippen LogP contribution in [0, 0.1) is 0 Å². The Bertz CT molecular complexity index is 476. The van der Waals surface area contributed by atoms with Gasteiger partial charge in [-0.1, -0.05) is 18.2 Å². The number of aromatic carboxylic acids is 1. The molecule has 3 nitrogen and oxygen atoms in total. The Morgan fingerprint density at radius 1 is 1.36 bits per heavy atom. The Morgan fingerprint density at radius 2 is 2.00 bits per heavy atom. The molecule has 0 spiro atoms. The molecule has 0 saturated heterocycles. The van der Waals surface area contributed by atoms with Crippen molar-refractivity contribution in [3.05, 3.63) is 36.0 Å². The molecule has 0 unspecified atom stereocenters. The van der Waals surface area contributed by atoms with Crippen LogP contribution in [0.1, 0.15) is 10.5 Å². The van der Waals surface area contributed by atoms with E-state index in [1.54, 1.807) is 17.7 Å². The summed E-state index contributed by atoms with van der Waals surface area (Å²) in [6.45, 7) is 0. The summed E-state index contributed by atoms with van der Waals surface area (Å²) >= 11 is 0. The molecule has 0 aliphatic carbocycles. The highest BCUT2D eigenvalue weighted by Crippen LogP contribution is 2.17. The molecule has 0 atom stereocenters. The molecule has 0 radical (unpaired) electrons. The average molecular weight is 212 g/mol. The molecule has 1 N–H and O–H groups in total. The SMILES string of the molecule is Cl.Cn1c(C(=O)O)cc2ccccc21. The Hall–Kier alpha value is -1.48. The van der Waals surface area contributed by atoms with Crippen molar-refractivity contribution in [1.29, 1.82) is 0 Å². The first-order chi connectivity index (χ1) is 6.20. The van der Waals surface area contributed by atoms with Gasteiger partial charge in [-0.2, -0.15) is 0 Å². The lowest BCUT2D eigenvalue weighted by atomic mass is 10.2. The number of carbonyl (C=O) groups is 1. The van der Waals surface area contributed by atoms with Crippen molar-refractivity contribution in [1.82, 2.24) is 4.57 Å². The lowest BCUT2D eigenvalue weighted by Crippen LogP contribution is -2.03. The molecule has 2 rings (SSSR count). The second kappa shape index (κ2) is 3.72. The van der Waals surface area contributed by atoms with Crippen molar-refractivity contribution < 1.29 is 9.90 Å². The van der Waals surface area contributed by atoms with E-state index < -0.39 is 5.97 Å². The van der Waals surface area contributed by atoms with Crippen molar-refractivity contribution >= 4 is 29.3 Å². The molecule has 0 bridgehead atoms. The average Bonchev–Trinajstić information content (AvgIpc) is 2.45. The molecule has 0 saturated carbocycles. The summed E-state index contributed by atoms with van der Waals surface area (Å²) in [5.41, 5.74) is 1.26. The first kappa shape index (κ1) is 10.6. The molecule has 1 aromatic carbocycles. The third-order valence-corrected chi connectivity index (χ3v) is 2.17. The summed E-state index contributed by atoms with van der Waals surface area (Å²) in [4.78, 5) is 10.8. The molecule has 4 heteroatoms. The van der Waals surface area contributed by atoms with Crippen molar-refractivity contribution in [2.45, 2.75) is 0 Å². The fourth-order valence-electron chi connectivity index (χ4n) is 1.49. The first-order valence-electron chi connectivity index (χ1n) is 3.98. The molecule has 1 aromatic heterocycles. The molecule has 0 aliphatic heterocycles. The van der Waals surface area contributed by atoms with Gasteiger partial charge in [-0.25, -0.2) is 4.79 Å². The number of hydrogen-bond donors (Lipinski definition) is 1. The number of carboxylic acid groups (broad SMARTS) is 1. The number of carboxylic acids is 1. The van der Waals surface area contributed by atoms with Crippen LogP contribution in [-0.2, 0) is 7.05 Å². The summed E-state index contributed by atoms with van der Waals surface area (Å²) in [6, 6.07) is 9.28. The number of rotatable bonds is 1. The van der Waals surface area contributed by atoms with Crippen LogP contribution in [0.25, 0.3) is 10.9 Å². The van der Waals surface area contributed by atoms with Gasteiger partial charge in [-0.05, 0) is 12.1 Å². The molecule has 1 heterocycles. The number of hydrogen-bond acceptors (Lipinski definition) is 1. The highest BCUT2D eigenvalue weighted by atomic mass is 35.5. The van der Waals surface area contributed by atoms with Crippen LogP contribution in [0.15, 0.2) is 30.3 Å². The maximum absolute atomic E-state index is 10.8. The quantitative estimate of drug-likeness (QED) is 0.787. The van der Waals surface area contributed by atoms with Gasteiger partial charge in [0, 0.05) is 18.0 Å². The Balaban J connectivity index is 0.000000980. The van der Waals surface area contributed by atoms with E-state index in [9.17, 15) is 4.79 Å². The number of aromatic nitrogens is 1. The van der Waals surface area contributed by atoms with E-state index in [4.69, 9.17) is 5.11 Å². The number of nitrogens with zero attached hydrogens (tertiary/aromatic N) is 1. The van der Waals surface area contributed by atoms with Gasteiger partial charge in [0.2, 0.25) is 0 Å². The van der Waals surface area contributed by atoms with Gasteiger partial charge in [0.05, 0.1) is 0 Å². The molecular weight excluding hydrogens is 202 g/mol. The number of benzene rings is 1. The summed E-state index contributed by atoms with van der Waals surface area (Å²) in [6.07, 6.45) is 0. The summed E-state index contributed by atoms with van der Waals surface area (Å²) in [5, 5.41) is 9.81. The van der Waals surface area contributed by atoms with Crippen molar-refractivity contribution in [3.63, 3.8) is 0 Å². The van der Waals surface area contributed by atoms with Crippen LogP contribution in [0.5, 0.6) is 0 Å². The summed E-state index contributed by atoms with van der Waals surface area (Å²) in [7, 11) is 1.76. The summed E-state index contributed by atoms with van der Waals surface area (Å²) < 4.78 is 1.68. The fraction of sp³-hybridized carbons (Fsp3) is 0.100. The van der Waals surface area contributed by atoms with Gasteiger partial charge in [0.15, 0.2) is 0 Å². The molecular formula is C10H10ClNO2. The Morgan fingerprint density at radius 3 is 2.57 bits per heavy atom. The van der Waals surface area contributed by atoms with Crippen LogP contribution in [0.2, 0.25) is 0 Å². The smallest absolute Gasteiger partial charge is 0.352 e. The minimum absolute atomic E-state index is 0. The predicted octanol–water partition coefficient (Wildman–Crippen LogP) is 2.30. The number of fused-ring (bicyclic) bond motifs is 1. The van der Waals surface area contributed by atoms with Gasteiger partial charge in [-0.3, -0.25) is 0 Å². The molecule has 74 valence electrons. The number of aryl methyl sites for hydroxylation is 1. The highest BCUT2D eigenvalue weighted by molar-refractivity contribution is 5.94. The van der Waals surface area contributed by atoms with Crippen LogP contribution in [-0.4, -0.2) is 15.6 Å². The molecule has 2 aromatic rings. The van der Waals surface area contributed by atoms with E-state index in [-0.39, 0.29) is 12.4 Å². The predicted molar refractivity (Wildman–Crippen MR) is 57.1 cm³/mol. The van der Waals surface area contributed by atoms with Gasteiger partial charge in [-0.15, -0.1) is 12.4 Å². The molecule has 0 amide bonds. The zero-order chi connectivity index (χ0) is 9.42.